The van der Waals surface area contributed by atoms with Gasteiger partial charge in [-0.3, -0.25) is 0 Å². The molecule has 0 amide bonds. The summed E-state index contributed by atoms with van der Waals surface area (Å²) in [6.45, 7) is 0. The number of aromatic nitrogens is 1. The fourth-order valence-electron chi connectivity index (χ4n) is 1.24. The number of hydrogen-bond donors (Lipinski definition) is 2. The first-order chi connectivity index (χ1) is 7.16. The number of fused-ring (bicyclic) bond motifs is 1. The molecule has 0 aliphatic rings. The summed E-state index contributed by atoms with van der Waals surface area (Å²) in [6, 6.07) is 5.16. The Labute approximate surface area is 84.8 Å². The molecule has 0 saturated heterocycles. The highest BCUT2D eigenvalue weighted by Crippen LogP contribution is 2.21. The van der Waals surface area contributed by atoms with E-state index in [1.165, 1.54) is 6.08 Å². The van der Waals surface area contributed by atoms with E-state index in [-0.39, 0.29) is 0 Å². The maximum Gasteiger partial charge on any atom is 0.328 e. The summed E-state index contributed by atoms with van der Waals surface area (Å²) in [5, 5.41) is 12.8. The average Bonchev–Trinajstić information content (AvgIpc) is 2.57. The van der Waals surface area contributed by atoms with Gasteiger partial charge in [-0.05, 0) is 23.8 Å². The van der Waals surface area contributed by atoms with E-state index >= 15 is 0 Å². The van der Waals surface area contributed by atoms with Gasteiger partial charge in [0.05, 0.1) is 5.39 Å². The predicted octanol–water partition coefficient (Wildman–Crippen LogP) is 1.51. The van der Waals surface area contributed by atoms with Crippen LogP contribution in [-0.2, 0) is 4.79 Å². The quantitative estimate of drug-likeness (QED) is 0.723. The standard InChI is InChI=1S/C10H8N2O3/c11-10-7-3-1-6(2-4-9(13)14)5-8(7)15-12-10/h1-5H,(H2,11,12)(H,13,14)/b4-2+. The first-order valence-corrected chi connectivity index (χ1v) is 4.23. The van der Waals surface area contributed by atoms with Crippen molar-refractivity contribution in [2.45, 2.75) is 0 Å². The van der Waals surface area contributed by atoms with E-state index < -0.39 is 5.97 Å². The Kier molecular flexibility index (Phi) is 2.13. The van der Waals surface area contributed by atoms with Crippen molar-refractivity contribution in [2.24, 2.45) is 0 Å². The van der Waals surface area contributed by atoms with E-state index in [1.807, 2.05) is 0 Å². The van der Waals surface area contributed by atoms with Gasteiger partial charge in [0, 0.05) is 6.08 Å². The minimum atomic E-state index is -0.993. The van der Waals surface area contributed by atoms with Gasteiger partial charge in [-0.15, -0.1) is 0 Å². The van der Waals surface area contributed by atoms with E-state index in [2.05, 4.69) is 5.16 Å². The molecule has 0 atom stereocenters. The van der Waals surface area contributed by atoms with Crippen LogP contribution in [0.3, 0.4) is 0 Å². The zero-order chi connectivity index (χ0) is 10.8. The molecule has 0 radical (unpaired) electrons. The van der Waals surface area contributed by atoms with Crippen molar-refractivity contribution in [3.63, 3.8) is 0 Å². The summed E-state index contributed by atoms with van der Waals surface area (Å²) in [4.78, 5) is 10.3. The lowest BCUT2D eigenvalue weighted by Gasteiger charge is -1.91. The second-order valence-electron chi connectivity index (χ2n) is 2.99. The number of carbonyl (C=O) groups is 1. The van der Waals surface area contributed by atoms with Crippen LogP contribution in [0, 0.1) is 0 Å². The number of carboxylic acids is 1. The molecular weight excluding hydrogens is 196 g/mol. The third-order valence-electron chi connectivity index (χ3n) is 1.94. The minimum absolute atomic E-state index is 0.332. The fraction of sp³-hybridized carbons (Fsp3) is 0. The molecular formula is C10H8N2O3. The van der Waals surface area contributed by atoms with Crippen LogP contribution in [0.4, 0.5) is 5.82 Å². The molecule has 0 aliphatic carbocycles. The van der Waals surface area contributed by atoms with Gasteiger partial charge >= 0.3 is 5.97 Å². The van der Waals surface area contributed by atoms with Crippen molar-refractivity contribution in [1.29, 1.82) is 0 Å². The van der Waals surface area contributed by atoms with Crippen molar-refractivity contribution in [2.75, 3.05) is 5.73 Å². The van der Waals surface area contributed by atoms with Gasteiger partial charge in [0.25, 0.3) is 0 Å². The molecule has 76 valence electrons. The van der Waals surface area contributed by atoms with E-state index in [0.29, 0.717) is 11.4 Å². The Morgan fingerprint density at radius 2 is 2.33 bits per heavy atom. The molecule has 1 aromatic heterocycles. The summed E-state index contributed by atoms with van der Waals surface area (Å²) in [5.41, 5.74) is 6.80. The topological polar surface area (TPSA) is 89.4 Å². The molecule has 15 heavy (non-hydrogen) atoms. The van der Waals surface area contributed by atoms with Crippen LogP contribution in [0.1, 0.15) is 5.56 Å². The summed E-state index contributed by atoms with van der Waals surface area (Å²) in [5.74, 6) is -0.661. The third-order valence-corrected chi connectivity index (χ3v) is 1.94. The van der Waals surface area contributed by atoms with E-state index in [0.717, 1.165) is 17.0 Å². The van der Waals surface area contributed by atoms with E-state index in [9.17, 15) is 4.79 Å². The summed E-state index contributed by atoms with van der Waals surface area (Å²) in [6.07, 6.45) is 2.53. The first kappa shape index (κ1) is 9.26. The Balaban J connectivity index is 2.43. The van der Waals surface area contributed by atoms with E-state index in [4.69, 9.17) is 15.4 Å². The van der Waals surface area contributed by atoms with Crippen LogP contribution < -0.4 is 5.73 Å². The molecule has 5 nitrogen and oxygen atoms in total. The smallest absolute Gasteiger partial charge is 0.328 e. The maximum atomic E-state index is 10.3. The summed E-state index contributed by atoms with van der Waals surface area (Å²) < 4.78 is 4.94. The van der Waals surface area contributed by atoms with Gasteiger partial charge in [0.15, 0.2) is 11.4 Å². The Bertz CT molecular complexity index is 543. The number of nitrogens with zero attached hydrogens (tertiary/aromatic N) is 1. The number of rotatable bonds is 2. The molecule has 0 saturated carbocycles. The highest BCUT2D eigenvalue weighted by Gasteiger charge is 2.03. The Hall–Kier alpha value is -2.30. The molecule has 0 fully saturated rings. The second-order valence-corrected chi connectivity index (χ2v) is 2.99. The van der Waals surface area contributed by atoms with Crippen molar-refractivity contribution in [3.8, 4) is 0 Å². The van der Waals surface area contributed by atoms with Crippen molar-refractivity contribution < 1.29 is 14.4 Å². The van der Waals surface area contributed by atoms with Crippen LogP contribution in [-0.4, -0.2) is 16.2 Å². The predicted molar refractivity (Wildman–Crippen MR) is 55.1 cm³/mol. The third kappa shape index (κ3) is 1.80. The highest BCUT2D eigenvalue weighted by molar-refractivity contribution is 5.90. The first-order valence-electron chi connectivity index (χ1n) is 4.23. The van der Waals surface area contributed by atoms with E-state index in [1.54, 1.807) is 18.2 Å². The molecule has 2 aromatic rings. The normalized spacial score (nSPS) is 11.2. The second kappa shape index (κ2) is 3.45. The van der Waals surface area contributed by atoms with Crippen molar-refractivity contribution >= 4 is 28.8 Å². The van der Waals surface area contributed by atoms with Gasteiger partial charge in [-0.2, -0.15) is 0 Å². The molecule has 2 rings (SSSR count). The van der Waals surface area contributed by atoms with Crippen LogP contribution in [0.5, 0.6) is 0 Å². The zero-order valence-electron chi connectivity index (χ0n) is 7.68. The maximum absolute atomic E-state index is 10.3. The van der Waals surface area contributed by atoms with Crippen LogP contribution in [0.15, 0.2) is 28.8 Å². The van der Waals surface area contributed by atoms with Gasteiger partial charge in [-0.25, -0.2) is 4.79 Å². The molecule has 1 aromatic carbocycles. The largest absolute Gasteiger partial charge is 0.478 e. The van der Waals surface area contributed by atoms with Crippen LogP contribution in [0.2, 0.25) is 0 Å². The molecule has 1 heterocycles. The molecule has 0 spiro atoms. The molecule has 3 N–H and O–H groups in total. The Morgan fingerprint density at radius 3 is 3.07 bits per heavy atom. The number of carboxylic acid groups (broad SMARTS) is 1. The lowest BCUT2D eigenvalue weighted by Crippen LogP contribution is -1.85. The van der Waals surface area contributed by atoms with Gasteiger partial charge in [0.2, 0.25) is 0 Å². The number of nitrogens with two attached hydrogens (primary N) is 1. The molecule has 0 unspecified atom stereocenters. The van der Waals surface area contributed by atoms with Crippen molar-refractivity contribution in [3.05, 3.63) is 29.8 Å². The van der Waals surface area contributed by atoms with Crippen molar-refractivity contribution in [1.82, 2.24) is 5.16 Å². The SMILES string of the molecule is Nc1noc2cc(/C=C/C(=O)O)ccc12. The Morgan fingerprint density at radius 1 is 1.53 bits per heavy atom. The van der Waals surface area contributed by atoms with Gasteiger partial charge in [-0.1, -0.05) is 11.2 Å². The number of nitrogen functional groups attached to an aromatic ring is 1. The number of aliphatic carboxylic acids is 1. The summed E-state index contributed by atoms with van der Waals surface area (Å²) >= 11 is 0. The number of benzene rings is 1. The lowest BCUT2D eigenvalue weighted by atomic mass is 10.1. The molecule has 5 heteroatoms. The molecule has 0 bridgehead atoms. The van der Waals surface area contributed by atoms with Gasteiger partial charge < -0.3 is 15.4 Å². The van der Waals surface area contributed by atoms with Crippen LogP contribution >= 0.6 is 0 Å². The van der Waals surface area contributed by atoms with Crippen LogP contribution in [0.25, 0.3) is 17.0 Å². The van der Waals surface area contributed by atoms with Gasteiger partial charge in [0.1, 0.15) is 0 Å². The lowest BCUT2D eigenvalue weighted by molar-refractivity contribution is -0.131. The highest BCUT2D eigenvalue weighted by atomic mass is 16.5. The fourth-order valence-corrected chi connectivity index (χ4v) is 1.24. The average molecular weight is 204 g/mol. The molecule has 0 aliphatic heterocycles. The number of anilines is 1. The zero-order valence-corrected chi connectivity index (χ0v) is 7.68. The minimum Gasteiger partial charge on any atom is -0.478 e. The monoisotopic (exact) mass is 204 g/mol. The summed E-state index contributed by atoms with van der Waals surface area (Å²) in [7, 11) is 0. The number of hydrogen-bond acceptors (Lipinski definition) is 4.